The van der Waals surface area contributed by atoms with E-state index < -0.39 is 17.6 Å². The normalized spacial score (nSPS) is 9.15. The average molecular weight is 279 g/mol. The SMILES string of the molecule is NNC(=O)c1ccc(C(=O)NN)c(F)c1.c1cc[nH]c1. The third-order valence-corrected chi connectivity index (χ3v) is 2.23. The molecule has 1 aromatic carbocycles. The van der Waals surface area contributed by atoms with E-state index in [1.807, 2.05) is 30.0 Å². The smallest absolute Gasteiger partial charge is 0.268 e. The number of nitrogens with one attached hydrogen (secondary N) is 3. The molecule has 1 aromatic heterocycles. The first-order valence-electron chi connectivity index (χ1n) is 5.49. The van der Waals surface area contributed by atoms with E-state index in [2.05, 4.69) is 4.98 Å². The summed E-state index contributed by atoms with van der Waals surface area (Å²) >= 11 is 0. The second-order valence-electron chi connectivity index (χ2n) is 3.53. The molecular weight excluding hydrogens is 265 g/mol. The van der Waals surface area contributed by atoms with Crippen LogP contribution < -0.4 is 22.5 Å². The molecule has 0 saturated heterocycles. The van der Waals surface area contributed by atoms with Gasteiger partial charge in [0.25, 0.3) is 11.8 Å². The first-order valence-corrected chi connectivity index (χ1v) is 5.49. The second-order valence-corrected chi connectivity index (χ2v) is 3.53. The van der Waals surface area contributed by atoms with Crippen molar-refractivity contribution in [2.45, 2.75) is 0 Å². The number of hydrogen-bond donors (Lipinski definition) is 5. The van der Waals surface area contributed by atoms with Crippen LogP contribution in [0.25, 0.3) is 0 Å². The number of aromatic nitrogens is 1. The highest BCUT2D eigenvalue weighted by molar-refractivity contribution is 5.97. The third kappa shape index (κ3) is 4.19. The molecule has 1 heterocycles. The molecular formula is C12H14FN5O2. The Hall–Kier alpha value is -2.71. The zero-order valence-electron chi connectivity index (χ0n) is 10.4. The van der Waals surface area contributed by atoms with Gasteiger partial charge in [-0.05, 0) is 30.3 Å². The third-order valence-electron chi connectivity index (χ3n) is 2.23. The van der Waals surface area contributed by atoms with Gasteiger partial charge in [0.05, 0.1) is 5.56 Å². The summed E-state index contributed by atoms with van der Waals surface area (Å²) in [7, 11) is 0. The first-order chi connectivity index (χ1) is 9.60. The van der Waals surface area contributed by atoms with E-state index in [4.69, 9.17) is 11.7 Å². The number of carbonyl (C=O) groups is 2. The minimum Gasteiger partial charge on any atom is -0.368 e. The highest BCUT2D eigenvalue weighted by Crippen LogP contribution is 2.10. The summed E-state index contributed by atoms with van der Waals surface area (Å²) in [5.41, 5.74) is 3.39. The molecule has 0 saturated carbocycles. The molecule has 106 valence electrons. The Morgan fingerprint density at radius 2 is 1.65 bits per heavy atom. The van der Waals surface area contributed by atoms with Gasteiger partial charge in [-0.2, -0.15) is 0 Å². The predicted octanol–water partition coefficient (Wildman–Crippen LogP) is 0.0474. The number of benzene rings is 1. The van der Waals surface area contributed by atoms with Crippen molar-refractivity contribution < 1.29 is 14.0 Å². The number of hydrazine groups is 2. The molecule has 0 radical (unpaired) electrons. The van der Waals surface area contributed by atoms with Crippen LogP contribution in [-0.4, -0.2) is 16.8 Å². The molecule has 0 atom stereocenters. The van der Waals surface area contributed by atoms with E-state index in [9.17, 15) is 14.0 Å². The van der Waals surface area contributed by atoms with Crippen molar-refractivity contribution in [1.82, 2.24) is 15.8 Å². The van der Waals surface area contributed by atoms with Crippen LogP contribution >= 0.6 is 0 Å². The van der Waals surface area contributed by atoms with Gasteiger partial charge in [-0.3, -0.25) is 20.4 Å². The van der Waals surface area contributed by atoms with Gasteiger partial charge >= 0.3 is 0 Å². The van der Waals surface area contributed by atoms with Crippen LogP contribution in [-0.2, 0) is 0 Å². The number of aromatic amines is 1. The van der Waals surface area contributed by atoms with Gasteiger partial charge in [-0.1, -0.05) is 0 Å². The van der Waals surface area contributed by atoms with Crippen molar-refractivity contribution in [1.29, 1.82) is 0 Å². The quantitative estimate of drug-likeness (QED) is 0.302. The van der Waals surface area contributed by atoms with Gasteiger partial charge in [0.2, 0.25) is 0 Å². The Kier molecular flexibility index (Phi) is 5.88. The first kappa shape index (κ1) is 15.3. The average Bonchev–Trinajstić information content (AvgIpc) is 3.05. The van der Waals surface area contributed by atoms with E-state index in [1.54, 1.807) is 5.43 Å². The summed E-state index contributed by atoms with van der Waals surface area (Å²) < 4.78 is 13.2. The van der Waals surface area contributed by atoms with Gasteiger partial charge in [0.1, 0.15) is 5.82 Å². The Balaban J connectivity index is 0.000000333. The fourth-order valence-corrected chi connectivity index (χ4v) is 1.28. The number of nitrogen functional groups attached to an aromatic ring is 2. The minimum absolute atomic E-state index is 0.0172. The summed E-state index contributed by atoms with van der Waals surface area (Å²) in [6.07, 6.45) is 3.75. The molecule has 7 N–H and O–H groups in total. The number of amides is 2. The molecule has 2 rings (SSSR count). The summed E-state index contributed by atoms with van der Waals surface area (Å²) in [6.45, 7) is 0. The van der Waals surface area contributed by atoms with Crippen LogP contribution in [0.1, 0.15) is 20.7 Å². The second kappa shape index (κ2) is 7.67. The highest BCUT2D eigenvalue weighted by Gasteiger charge is 2.13. The van der Waals surface area contributed by atoms with E-state index in [0.29, 0.717) is 0 Å². The number of hydrogen-bond acceptors (Lipinski definition) is 4. The molecule has 0 spiro atoms. The maximum absolute atomic E-state index is 13.2. The summed E-state index contributed by atoms with van der Waals surface area (Å²) in [6, 6.07) is 7.19. The molecule has 2 aromatic rings. The van der Waals surface area contributed by atoms with Crippen LogP contribution in [0.5, 0.6) is 0 Å². The summed E-state index contributed by atoms with van der Waals surface area (Å²) in [4.78, 5) is 24.8. The lowest BCUT2D eigenvalue weighted by Gasteiger charge is -2.03. The molecule has 8 heteroatoms. The number of carbonyl (C=O) groups excluding carboxylic acids is 2. The largest absolute Gasteiger partial charge is 0.368 e. The molecule has 7 nitrogen and oxygen atoms in total. The molecule has 20 heavy (non-hydrogen) atoms. The Morgan fingerprint density at radius 3 is 2.05 bits per heavy atom. The van der Waals surface area contributed by atoms with Crippen LogP contribution in [0.2, 0.25) is 0 Å². The number of nitrogens with two attached hydrogens (primary N) is 2. The van der Waals surface area contributed by atoms with E-state index >= 15 is 0 Å². The number of halogens is 1. The maximum Gasteiger partial charge on any atom is 0.268 e. The van der Waals surface area contributed by atoms with E-state index in [-0.39, 0.29) is 11.1 Å². The lowest BCUT2D eigenvalue weighted by Crippen LogP contribution is -2.32. The van der Waals surface area contributed by atoms with Gasteiger partial charge in [0.15, 0.2) is 0 Å². The van der Waals surface area contributed by atoms with Gasteiger partial charge in [0, 0.05) is 18.0 Å². The van der Waals surface area contributed by atoms with Gasteiger partial charge in [-0.15, -0.1) is 0 Å². The van der Waals surface area contributed by atoms with Crippen LogP contribution in [0.3, 0.4) is 0 Å². The van der Waals surface area contributed by atoms with E-state index in [0.717, 1.165) is 12.1 Å². The fourth-order valence-electron chi connectivity index (χ4n) is 1.28. The Labute approximate surface area is 114 Å². The fraction of sp³-hybridized carbons (Fsp3) is 0. The monoisotopic (exact) mass is 279 g/mol. The Morgan fingerprint density at radius 1 is 1.05 bits per heavy atom. The van der Waals surface area contributed by atoms with Crippen molar-refractivity contribution in [2.24, 2.45) is 11.7 Å². The lowest BCUT2D eigenvalue weighted by molar-refractivity contribution is 0.0938. The van der Waals surface area contributed by atoms with Crippen molar-refractivity contribution in [3.8, 4) is 0 Å². The van der Waals surface area contributed by atoms with Crippen LogP contribution in [0, 0.1) is 5.82 Å². The zero-order valence-corrected chi connectivity index (χ0v) is 10.4. The van der Waals surface area contributed by atoms with Gasteiger partial charge < -0.3 is 4.98 Å². The summed E-state index contributed by atoms with van der Waals surface area (Å²) in [5.74, 6) is 7.42. The van der Waals surface area contributed by atoms with Crippen LogP contribution in [0.15, 0.2) is 42.7 Å². The predicted molar refractivity (Wildman–Crippen MR) is 70.5 cm³/mol. The van der Waals surface area contributed by atoms with Crippen molar-refractivity contribution in [2.75, 3.05) is 0 Å². The van der Waals surface area contributed by atoms with E-state index in [1.165, 1.54) is 6.07 Å². The molecule has 0 bridgehead atoms. The Bertz CT molecular complexity index is 554. The van der Waals surface area contributed by atoms with Crippen molar-refractivity contribution >= 4 is 11.8 Å². The molecule has 0 aliphatic carbocycles. The zero-order chi connectivity index (χ0) is 15.0. The molecule has 2 amide bonds. The number of rotatable bonds is 2. The maximum atomic E-state index is 13.2. The van der Waals surface area contributed by atoms with Crippen molar-refractivity contribution in [3.05, 3.63) is 59.7 Å². The topological polar surface area (TPSA) is 126 Å². The molecule has 0 fully saturated rings. The molecule has 0 unspecified atom stereocenters. The minimum atomic E-state index is -0.848. The summed E-state index contributed by atoms with van der Waals surface area (Å²) in [5, 5.41) is 0. The lowest BCUT2D eigenvalue weighted by atomic mass is 10.1. The number of H-pyrrole nitrogens is 1. The standard InChI is InChI=1S/C8H9FN4O2.C4H5N/c9-6-3-4(7(14)12-10)1-2-5(6)8(15)13-11;1-2-4-5-3-1/h1-3H,10-11H2,(H,12,14)(H,13,15);1-5H. The van der Waals surface area contributed by atoms with Crippen LogP contribution in [0.4, 0.5) is 4.39 Å². The highest BCUT2D eigenvalue weighted by atomic mass is 19.1. The van der Waals surface area contributed by atoms with Crippen molar-refractivity contribution in [3.63, 3.8) is 0 Å². The van der Waals surface area contributed by atoms with Gasteiger partial charge in [-0.25, -0.2) is 16.1 Å². The molecule has 0 aliphatic heterocycles. The molecule has 0 aliphatic rings.